The van der Waals surface area contributed by atoms with Gasteiger partial charge in [0, 0.05) is 5.69 Å². The fourth-order valence-electron chi connectivity index (χ4n) is 1.99. The molecule has 0 unspecified atom stereocenters. The van der Waals surface area contributed by atoms with Crippen molar-refractivity contribution in [1.82, 2.24) is 9.97 Å². The van der Waals surface area contributed by atoms with E-state index in [1.807, 2.05) is 49.6 Å². The molecule has 0 amide bonds. The van der Waals surface area contributed by atoms with Crippen LogP contribution in [0.4, 0.5) is 17.5 Å². The lowest BCUT2D eigenvalue weighted by atomic mass is 10.3. The first-order chi connectivity index (χ1) is 10.1. The predicted molar refractivity (Wildman–Crippen MR) is 87.3 cm³/mol. The summed E-state index contributed by atoms with van der Waals surface area (Å²) < 4.78 is 5.62. The molecule has 0 saturated carbocycles. The highest BCUT2D eigenvalue weighted by Crippen LogP contribution is 2.28. The Bertz CT molecular complexity index is 752. The number of fused-ring (bicyclic) bond motifs is 1. The molecule has 1 aromatic carbocycles. The summed E-state index contributed by atoms with van der Waals surface area (Å²) in [5, 5.41) is 6.22. The zero-order valence-electron chi connectivity index (χ0n) is 11.8. The molecule has 0 bridgehead atoms. The number of ether oxygens (including phenoxy) is 1. The lowest BCUT2D eigenvalue weighted by Crippen LogP contribution is -2.05. The standard InChI is InChI=1S/C15H16N4OS/c1-9(2)20-11-5-3-10(4-6-11)17-13-12-7-8-21-14(12)19-15(16)18-13/h3-9H,1-2H3,(H3,16,17,18,19). The van der Waals surface area contributed by atoms with Crippen LogP contribution in [-0.2, 0) is 0 Å². The molecule has 3 N–H and O–H groups in total. The van der Waals surface area contributed by atoms with E-state index in [-0.39, 0.29) is 12.1 Å². The molecule has 3 aromatic rings. The number of nitrogens with zero attached hydrogens (tertiary/aromatic N) is 2. The zero-order valence-corrected chi connectivity index (χ0v) is 12.6. The smallest absolute Gasteiger partial charge is 0.223 e. The molecule has 0 aliphatic rings. The third-order valence-corrected chi connectivity index (χ3v) is 3.64. The fraction of sp³-hybridized carbons (Fsp3) is 0.200. The van der Waals surface area contributed by atoms with Gasteiger partial charge in [0.2, 0.25) is 5.95 Å². The van der Waals surface area contributed by atoms with Crippen LogP contribution in [0.15, 0.2) is 35.7 Å². The average Bonchev–Trinajstić information content (AvgIpc) is 2.88. The minimum atomic E-state index is 0.163. The Labute approximate surface area is 126 Å². The van der Waals surface area contributed by atoms with Gasteiger partial charge in [0.25, 0.3) is 0 Å². The minimum absolute atomic E-state index is 0.163. The Hall–Kier alpha value is -2.34. The van der Waals surface area contributed by atoms with Crippen molar-refractivity contribution in [3.05, 3.63) is 35.7 Å². The van der Waals surface area contributed by atoms with Crippen molar-refractivity contribution >= 4 is 39.0 Å². The maximum atomic E-state index is 5.74. The molecular weight excluding hydrogens is 284 g/mol. The highest BCUT2D eigenvalue weighted by atomic mass is 32.1. The van der Waals surface area contributed by atoms with E-state index in [1.165, 1.54) is 0 Å². The topological polar surface area (TPSA) is 73.1 Å². The third-order valence-electron chi connectivity index (χ3n) is 2.83. The lowest BCUT2D eigenvalue weighted by molar-refractivity contribution is 0.242. The van der Waals surface area contributed by atoms with Crippen molar-refractivity contribution in [2.75, 3.05) is 11.1 Å². The Morgan fingerprint density at radius 2 is 1.90 bits per heavy atom. The Balaban J connectivity index is 1.86. The van der Waals surface area contributed by atoms with Crippen LogP contribution in [0.3, 0.4) is 0 Å². The van der Waals surface area contributed by atoms with Gasteiger partial charge in [-0.3, -0.25) is 0 Å². The molecule has 0 atom stereocenters. The maximum Gasteiger partial charge on any atom is 0.223 e. The fourth-order valence-corrected chi connectivity index (χ4v) is 2.76. The molecule has 0 aliphatic carbocycles. The summed E-state index contributed by atoms with van der Waals surface area (Å²) in [6.45, 7) is 4.01. The number of anilines is 3. The van der Waals surface area contributed by atoms with Gasteiger partial charge in [-0.15, -0.1) is 11.3 Å². The monoisotopic (exact) mass is 300 g/mol. The first-order valence-electron chi connectivity index (χ1n) is 6.66. The summed E-state index contributed by atoms with van der Waals surface area (Å²) in [5.41, 5.74) is 6.67. The number of aromatic nitrogens is 2. The molecule has 5 nitrogen and oxygen atoms in total. The molecule has 21 heavy (non-hydrogen) atoms. The van der Waals surface area contributed by atoms with E-state index in [2.05, 4.69) is 15.3 Å². The van der Waals surface area contributed by atoms with Crippen molar-refractivity contribution in [2.45, 2.75) is 20.0 Å². The highest BCUT2D eigenvalue weighted by molar-refractivity contribution is 7.16. The maximum absolute atomic E-state index is 5.74. The van der Waals surface area contributed by atoms with E-state index in [4.69, 9.17) is 10.5 Å². The van der Waals surface area contributed by atoms with Crippen molar-refractivity contribution in [3.63, 3.8) is 0 Å². The first-order valence-corrected chi connectivity index (χ1v) is 7.54. The molecule has 0 saturated heterocycles. The van der Waals surface area contributed by atoms with E-state index in [0.717, 1.165) is 27.5 Å². The van der Waals surface area contributed by atoms with Crippen LogP contribution in [-0.4, -0.2) is 16.1 Å². The molecular formula is C15H16N4OS. The molecule has 0 spiro atoms. The van der Waals surface area contributed by atoms with E-state index >= 15 is 0 Å². The average molecular weight is 300 g/mol. The molecule has 2 heterocycles. The number of rotatable bonds is 4. The first kappa shape index (κ1) is 13.6. The van der Waals surface area contributed by atoms with Gasteiger partial charge in [0.1, 0.15) is 16.4 Å². The third kappa shape index (κ3) is 3.05. The Morgan fingerprint density at radius 3 is 2.62 bits per heavy atom. The van der Waals surface area contributed by atoms with Gasteiger partial charge in [0.05, 0.1) is 11.5 Å². The summed E-state index contributed by atoms with van der Waals surface area (Å²) in [7, 11) is 0. The number of nitrogen functional groups attached to an aromatic ring is 1. The number of hydrogen-bond acceptors (Lipinski definition) is 6. The van der Waals surface area contributed by atoms with E-state index < -0.39 is 0 Å². The predicted octanol–water partition coefficient (Wildman–Crippen LogP) is 3.80. The van der Waals surface area contributed by atoms with Crippen LogP contribution < -0.4 is 15.8 Å². The largest absolute Gasteiger partial charge is 0.491 e. The molecule has 0 fully saturated rings. The Morgan fingerprint density at radius 1 is 1.14 bits per heavy atom. The highest BCUT2D eigenvalue weighted by Gasteiger charge is 2.07. The van der Waals surface area contributed by atoms with Gasteiger partial charge < -0.3 is 15.8 Å². The van der Waals surface area contributed by atoms with Crippen molar-refractivity contribution in [3.8, 4) is 5.75 Å². The second-order valence-electron chi connectivity index (χ2n) is 4.89. The van der Waals surface area contributed by atoms with Gasteiger partial charge in [-0.1, -0.05) is 0 Å². The lowest BCUT2D eigenvalue weighted by Gasteiger charge is -2.11. The van der Waals surface area contributed by atoms with Crippen LogP contribution in [0.2, 0.25) is 0 Å². The molecule has 3 rings (SSSR count). The summed E-state index contributed by atoms with van der Waals surface area (Å²) >= 11 is 1.54. The van der Waals surface area contributed by atoms with Crippen molar-refractivity contribution in [2.24, 2.45) is 0 Å². The van der Waals surface area contributed by atoms with Gasteiger partial charge in [-0.05, 0) is 49.6 Å². The van der Waals surface area contributed by atoms with Crippen LogP contribution in [0.5, 0.6) is 5.75 Å². The van der Waals surface area contributed by atoms with Crippen LogP contribution in [0.25, 0.3) is 10.2 Å². The number of nitrogens with one attached hydrogen (secondary N) is 1. The van der Waals surface area contributed by atoms with Gasteiger partial charge in [0.15, 0.2) is 0 Å². The second-order valence-corrected chi connectivity index (χ2v) is 5.78. The van der Waals surface area contributed by atoms with Gasteiger partial charge in [-0.25, -0.2) is 4.98 Å². The number of hydrogen-bond donors (Lipinski definition) is 2. The number of thiophene rings is 1. The summed E-state index contributed by atoms with van der Waals surface area (Å²) in [4.78, 5) is 9.36. The minimum Gasteiger partial charge on any atom is -0.491 e. The SMILES string of the molecule is CC(C)Oc1ccc(Nc2nc(N)nc3sccc23)cc1. The molecule has 108 valence electrons. The zero-order chi connectivity index (χ0) is 14.8. The van der Waals surface area contributed by atoms with Crippen molar-refractivity contribution in [1.29, 1.82) is 0 Å². The molecule has 0 radical (unpaired) electrons. The van der Waals surface area contributed by atoms with E-state index in [1.54, 1.807) is 11.3 Å². The normalized spacial score (nSPS) is 11.0. The molecule has 2 aromatic heterocycles. The van der Waals surface area contributed by atoms with E-state index in [9.17, 15) is 0 Å². The van der Waals surface area contributed by atoms with Gasteiger partial charge in [-0.2, -0.15) is 4.98 Å². The molecule has 6 heteroatoms. The van der Waals surface area contributed by atoms with Crippen molar-refractivity contribution < 1.29 is 4.74 Å². The second kappa shape index (κ2) is 5.57. The summed E-state index contributed by atoms with van der Waals surface area (Å²) in [5.74, 6) is 1.84. The van der Waals surface area contributed by atoms with Crippen LogP contribution >= 0.6 is 11.3 Å². The van der Waals surface area contributed by atoms with Crippen LogP contribution in [0, 0.1) is 0 Å². The number of nitrogens with two attached hydrogens (primary N) is 1. The quantitative estimate of drug-likeness (QED) is 0.766. The van der Waals surface area contributed by atoms with E-state index in [0.29, 0.717) is 0 Å². The Kier molecular flexibility index (Phi) is 3.62. The van der Waals surface area contributed by atoms with Gasteiger partial charge >= 0.3 is 0 Å². The number of benzene rings is 1. The summed E-state index contributed by atoms with van der Waals surface area (Å²) in [6, 6.07) is 9.75. The molecule has 0 aliphatic heterocycles. The van der Waals surface area contributed by atoms with Crippen LogP contribution in [0.1, 0.15) is 13.8 Å². The summed E-state index contributed by atoms with van der Waals surface area (Å²) in [6.07, 6.45) is 0.163.